The number of hydrogen-bond donors (Lipinski definition) is 0. The molecule has 0 amide bonds. The van der Waals surface area contributed by atoms with Crippen LogP contribution in [0.25, 0.3) is 0 Å². The molecule has 0 heterocycles. The molecule has 0 spiro atoms. The number of rotatable bonds is 4. The topological polar surface area (TPSA) is 52.6 Å². The normalized spacial score (nSPS) is 25.4. The standard InChI is InChI=1S/C20H20O4/c1-23-19(21)17-15(13-9-5-3-6-10-13)16(18(17)20(22)24-2)14-11-7-4-8-12-14/h3-12,15-18H,1-2H3/t15-,16-,17+,18+/m1/s1. The zero-order valence-corrected chi connectivity index (χ0v) is 13.7. The second kappa shape index (κ2) is 6.87. The largest absolute Gasteiger partial charge is 0.469 e. The molecule has 0 unspecified atom stereocenters. The lowest BCUT2D eigenvalue weighted by molar-refractivity contribution is -0.168. The molecular weight excluding hydrogens is 304 g/mol. The van der Waals surface area contributed by atoms with E-state index in [1.54, 1.807) is 0 Å². The van der Waals surface area contributed by atoms with Crippen molar-refractivity contribution >= 4 is 11.9 Å². The molecule has 1 fully saturated rings. The third-order valence-electron chi connectivity index (χ3n) is 4.86. The van der Waals surface area contributed by atoms with Crippen molar-refractivity contribution < 1.29 is 19.1 Å². The van der Waals surface area contributed by atoms with Crippen LogP contribution >= 0.6 is 0 Å². The summed E-state index contributed by atoms with van der Waals surface area (Å²) in [6, 6.07) is 19.6. The molecule has 124 valence electrons. The van der Waals surface area contributed by atoms with Gasteiger partial charge in [-0.25, -0.2) is 0 Å². The van der Waals surface area contributed by atoms with Gasteiger partial charge < -0.3 is 9.47 Å². The Labute approximate surface area is 141 Å². The maximum Gasteiger partial charge on any atom is 0.310 e. The van der Waals surface area contributed by atoms with Crippen molar-refractivity contribution in [3.63, 3.8) is 0 Å². The first-order chi connectivity index (χ1) is 11.7. The predicted octanol–water partition coefficient (Wildman–Crippen LogP) is 3.15. The Balaban J connectivity index is 2.07. The van der Waals surface area contributed by atoms with Crippen LogP contribution in [0.1, 0.15) is 23.0 Å². The summed E-state index contributed by atoms with van der Waals surface area (Å²) in [5.74, 6) is -2.02. The predicted molar refractivity (Wildman–Crippen MR) is 89.4 cm³/mol. The molecule has 4 atom stereocenters. The summed E-state index contributed by atoms with van der Waals surface area (Å²) in [7, 11) is 2.71. The number of benzene rings is 2. The van der Waals surface area contributed by atoms with Crippen LogP contribution in [0.5, 0.6) is 0 Å². The monoisotopic (exact) mass is 324 g/mol. The quantitative estimate of drug-likeness (QED) is 0.811. The molecule has 4 nitrogen and oxygen atoms in total. The summed E-state index contributed by atoms with van der Waals surface area (Å²) in [5, 5.41) is 0. The summed E-state index contributed by atoms with van der Waals surface area (Å²) in [6.45, 7) is 0. The zero-order valence-electron chi connectivity index (χ0n) is 13.7. The van der Waals surface area contributed by atoms with Gasteiger partial charge in [0.05, 0.1) is 26.1 Å². The molecule has 4 heteroatoms. The van der Waals surface area contributed by atoms with Crippen molar-refractivity contribution in [3.05, 3.63) is 71.8 Å². The SMILES string of the molecule is COC(=O)[C@@H]1[C@@H](C(=O)OC)[C@H](c2ccccc2)[C@H]1c1ccccc1. The van der Waals surface area contributed by atoms with Gasteiger partial charge in [-0.2, -0.15) is 0 Å². The Morgan fingerprint density at radius 2 is 1.00 bits per heavy atom. The Kier molecular flexibility index (Phi) is 4.65. The Hall–Kier alpha value is -2.62. The highest BCUT2D eigenvalue weighted by molar-refractivity contribution is 5.87. The van der Waals surface area contributed by atoms with E-state index in [1.165, 1.54) is 14.2 Å². The minimum Gasteiger partial charge on any atom is -0.469 e. The average molecular weight is 324 g/mol. The highest BCUT2D eigenvalue weighted by atomic mass is 16.5. The summed E-state index contributed by atoms with van der Waals surface area (Å²) in [6.07, 6.45) is 0. The van der Waals surface area contributed by atoms with Crippen LogP contribution in [0, 0.1) is 11.8 Å². The van der Waals surface area contributed by atoms with E-state index in [4.69, 9.17) is 9.47 Å². The molecule has 3 rings (SSSR count). The van der Waals surface area contributed by atoms with E-state index in [2.05, 4.69) is 0 Å². The van der Waals surface area contributed by atoms with Crippen LogP contribution in [-0.2, 0) is 19.1 Å². The van der Waals surface area contributed by atoms with Gasteiger partial charge in [-0.05, 0) is 11.1 Å². The van der Waals surface area contributed by atoms with E-state index >= 15 is 0 Å². The molecule has 0 saturated heterocycles. The molecule has 2 aromatic rings. The van der Waals surface area contributed by atoms with E-state index in [1.807, 2.05) is 60.7 Å². The van der Waals surface area contributed by atoms with Gasteiger partial charge in [-0.15, -0.1) is 0 Å². The van der Waals surface area contributed by atoms with Crippen molar-refractivity contribution in [2.75, 3.05) is 14.2 Å². The van der Waals surface area contributed by atoms with Crippen molar-refractivity contribution in [3.8, 4) is 0 Å². The highest BCUT2D eigenvalue weighted by Gasteiger charge is 2.59. The van der Waals surface area contributed by atoms with E-state index in [0.717, 1.165) is 11.1 Å². The van der Waals surface area contributed by atoms with E-state index in [0.29, 0.717) is 0 Å². The lowest BCUT2D eigenvalue weighted by Crippen LogP contribution is -2.52. The van der Waals surface area contributed by atoms with Crippen LogP contribution in [0.2, 0.25) is 0 Å². The molecule has 0 radical (unpaired) electrons. The second-order valence-electron chi connectivity index (χ2n) is 5.97. The number of methoxy groups -OCH3 is 2. The fourth-order valence-electron chi connectivity index (χ4n) is 3.79. The van der Waals surface area contributed by atoms with Gasteiger partial charge in [0.25, 0.3) is 0 Å². The molecule has 2 aromatic carbocycles. The minimum atomic E-state index is -0.532. The lowest BCUT2D eigenvalue weighted by atomic mass is 9.52. The van der Waals surface area contributed by atoms with Crippen molar-refractivity contribution in [1.29, 1.82) is 0 Å². The van der Waals surface area contributed by atoms with Crippen molar-refractivity contribution in [2.45, 2.75) is 11.8 Å². The molecule has 0 aliphatic heterocycles. The van der Waals surface area contributed by atoms with Gasteiger partial charge >= 0.3 is 11.9 Å². The van der Waals surface area contributed by atoms with Crippen LogP contribution in [0.15, 0.2) is 60.7 Å². The number of carbonyl (C=O) groups excluding carboxylic acids is 2. The summed E-state index contributed by atoms with van der Waals surface area (Å²) < 4.78 is 9.94. The summed E-state index contributed by atoms with van der Waals surface area (Å²) in [4.78, 5) is 24.7. The second-order valence-corrected chi connectivity index (χ2v) is 5.97. The lowest BCUT2D eigenvalue weighted by Gasteiger charge is -2.49. The van der Waals surface area contributed by atoms with E-state index < -0.39 is 11.8 Å². The maximum atomic E-state index is 12.4. The van der Waals surface area contributed by atoms with Crippen LogP contribution in [0.4, 0.5) is 0 Å². The van der Waals surface area contributed by atoms with Crippen LogP contribution in [-0.4, -0.2) is 26.2 Å². The number of esters is 2. The fraction of sp³-hybridized carbons (Fsp3) is 0.300. The molecule has 1 saturated carbocycles. The molecule has 1 aliphatic rings. The average Bonchev–Trinajstić information content (AvgIpc) is 2.62. The molecular formula is C20H20O4. The summed E-state index contributed by atoms with van der Waals surface area (Å²) >= 11 is 0. The summed E-state index contributed by atoms with van der Waals surface area (Å²) in [5.41, 5.74) is 2.06. The first-order valence-electron chi connectivity index (χ1n) is 7.94. The van der Waals surface area contributed by atoms with E-state index in [-0.39, 0.29) is 23.8 Å². The number of ether oxygens (including phenoxy) is 2. The van der Waals surface area contributed by atoms with Gasteiger partial charge in [-0.3, -0.25) is 9.59 Å². The van der Waals surface area contributed by atoms with Gasteiger partial charge in [0.1, 0.15) is 0 Å². The Morgan fingerprint density at radius 3 is 1.29 bits per heavy atom. The third-order valence-corrected chi connectivity index (χ3v) is 4.86. The first kappa shape index (κ1) is 16.2. The smallest absolute Gasteiger partial charge is 0.310 e. The van der Waals surface area contributed by atoms with Gasteiger partial charge in [0.15, 0.2) is 0 Å². The Bertz CT molecular complexity index is 647. The molecule has 0 N–H and O–H groups in total. The maximum absolute atomic E-state index is 12.4. The van der Waals surface area contributed by atoms with Gasteiger partial charge in [0, 0.05) is 11.8 Å². The third kappa shape index (κ3) is 2.68. The highest BCUT2D eigenvalue weighted by Crippen LogP contribution is 2.58. The van der Waals surface area contributed by atoms with Crippen molar-refractivity contribution in [1.82, 2.24) is 0 Å². The molecule has 0 bridgehead atoms. The number of carbonyl (C=O) groups is 2. The minimum absolute atomic E-state index is 0.106. The zero-order chi connectivity index (χ0) is 17.1. The number of hydrogen-bond acceptors (Lipinski definition) is 4. The Morgan fingerprint density at radius 1 is 0.667 bits per heavy atom. The molecule has 24 heavy (non-hydrogen) atoms. The molecule has 1 aliphatic carbocycles. The molecule has 0 aromatic heterocycles. The van der Waals surface area contributed by atoms with Crippen LogP contribution < -0.4 is 0 Å². The fourth-order valence-corrected chi connectivity index (χ4v) is 3.79. The van der Waals surface area contributed by atoms with Crippen LogP contribution in [0.3, 0.4) is 0 Å². The van der Waals surface area contributed by atoms with E-state index in [9.17, 15) is 9.59 Å². The van der Waals surface area contributed by atoms with Crippen molar-refractivity contribution in [2.24, 2.45) is 11.8 Å². The van der Waals surface area contributed by atoms with Gasteiger partial charge in [0.2, 0.25) is 0 Å². The van der Waals surface area contributed by atoms with Gasteiger partial charge in [-0.1, -0.05) is 60.7 Å². The first-order valence-corrected chi connectivity index (χ1v) is 7.94.